The highest BCUT2D eigenvalue weighted by Crippen LogP contribution is 2.41. The van der Waals surface area contributed by atoms with Crippen LogP contribution in [0.3, 0.4) is 0 Å². The van der Waals surface area contributed by atoms with Gasteiger partial charge in [-0.2, -0.15) is 0 Å². The molecule has 38 heavy (non-hydrogen) atoms. The molecule has 216 valence electrons. The molecule has 5 rings (SSSR count). The number of hydrogen-bond acceptors (Lipinski definition) is 7. The lowest BCUT2D eigenvalue weighted by Crippen LogP contribution is -2.50. The third-order valence-corrected chi connectivity index (χ3v) is 12.6. The van der Waals surface area contributed by atoms with Crippen LogP contribution in [0.1, 0.15) is 71.6 Å². The van der Waals surface area contributed by atoms with Gasteiger partial charge >= 0.3 is 0 Å². The molecule has 5 atom stereocenters. The van der Waals surface area contributed by atoms with Crippen LogP contribution in [0.5, 0.6) is 0 Å². The van der Waals surface area contributed by atoms with E-state index in [2.05, 4.69) is 22.7 Å². The lowest BCUT2D eigenvalue weighted by Gasteiger charge is -2.43. The summed E-state index contributed by atoms with van der Waals surface area (Å²) in [6, 6.07) is 0.387. The molecule has 1 saturated carbocycles. The number of sulfonamides is 1. The van der Waals surface area contributed by atoms with Crippen molar-refractivity contribution in [3.63, 3.8) is 0 Å². The topological polar surface area (TPSA) is 122 Å². The molecular weight excluding hydrogens is 506 g/mol. The molecule has 2 amide bonds. The monoisotopic (exact) mass is 553 g/mol. The van der Waals surface area contributed by atoms with Gasteiger partial charge in [0.05, 0.1) is 11.2 Å². The van der Waals surface area contributed by atoms with Gasteiger partial charge in [-0.05, 0) is 76.5 Å². The zero-order chi connectivity index (χ0) is 27.0. The smallest absolute Gasteiger partial charge is 0.228 e. The molecule has 0 aromatic heterocycles. The van der Waals surface area contributed by atoms with Crippen molar-refractivity contribution in [1.29, 1.82) is 0 Å². The van der Waals surface area contributed by atoms with Crippen LogP contribution in [0.4, 0.5) is 0 Å². The van der Waals surface area contributed by atoms with Crippen molar-refractivity contribution in [2.75, 3.05) is 39.3 Å². The summed E-state index contributed by atoms with van der Waals surface area (Å²) < 4.78 is 28.5. The molecule has 5 fully saturated rings. The molecule has 3 N–H and O–H groups in total. The van der Waals surface area contributed by atoms with Crippen molar-refractivity contribution in [2.24, 2.45) is 23.7 Å². The van der Waals surface area contributed by atoms with Crippen molar-refractivity contribution in [2.45, 2.75) is 95.0 Å². The number of hydrogen-bond donors (Lipinski definition) is 3. The van der Waals surface area contributed by atoms with E-state index < -0.39 is 10.0 Å². The van der Waals surface area contributed by atoms with E-state index in [1.165, 1.54) is 6.92 Å². The Bertz CT molecular complexity index is 963. The predicted octanol–water partition coefficient (Wildman–Crippen LogP) is 0.920. The highest BCUT2D eigenvalue weighted by molar-refractivity contribution is 7.89. The number of hydrazine groups is 1. The average Bonchev–Trinajstić information content (AvgIpc) is 3.52. The first-order valence-electron chi connectivity index (χ1n) is 14.9. The van der Waals surface area contributed by atoms with E-state index in [0.717, 1.165) is 58.0 Å². The van der Waals surface area contributed by atoms with E-state index in [4.69, 9.17) is 0 Å². The number of carbonyl (C=O) groups is 2. The van der Waals surface area contributed by atoms with E-state index in [1.54, 1.807) is 4.31 Å². The van der Waals surface area contributed by atoms with Gasteiger partial charge in [-0.15, -0.1) is 0 Å². The van der Waals surface area contributed by atoms with Crippen molar-refractivity contribution >= 4 is 21.8 Å². The predicted molar refractivity (Wildman–Crippen MR) is 144 cm³/mol. The second-order valence-corrected chi connectivity index (χ2v) is 14.8. The lowest BCUT2D eigenvalue weighted by atomic mass is 9.74. The second kappa shape index (κ2) is 11.7. The summed E-state index contributed by atoms with van der Waals surface area (Å²) >= 11 is 0. The number of amides is 2. The second-order valence-electron chi connectivity index (χ2n) is 12.6. The van der Waals surface area contributed by atoms with Crippen LogP contribution in [-0.4, -0.2) is 102 Å². The Labute approximate surface area is 227 Å². The van der Waals surface area contributed by atoms with Gasteiger partial charge in [0.15, 0.2) is 0 Å². The normalized spacial score (nSPS) is 37.8. The van der Waals surface area contributed by atoms with Crippen LogP contribution in [0.25, 0.3) is 0 Å². The van der Waals surface area contributed by atoms with Gasteiger partial charge < -0.3 is 15.3 Å². The number of rotatable bonds is 6. The summed E-state index contributed by atoms with van der Waals surface area (Å²) in [5, 5.41) is 14.4. The maximum absolute atomic E-state index is 13.5. The first kappa shape index (κ1) is 28.3. The fourth-order valence-electron chi connectivity index (χ4n) is 8.01. The number of nitrogens with one attached hydrogen (secondary N) is 2. The molecule has 11 heteroatoms. The van der Waals surface area contributed by atoms with Gasteiger partial charge in [0.25, 0.3) is 0 Å². The van der Waals surface area contributed by atoms with E-state index in [1.807, 2.05) is 4.90 Å². The Hall–Kier alpha value is -1.27. The van der Waals surface area contributed by atoms with Crippen LogP contribution < -0.4 is 10.7 Å². The van der Waals surface area contributed by atoms with Gasteiger partial charge in [0.2, 0.25) is 21.8 Å². The van der Waals surface area contributed by atoms with Gasteiger partial charge in [0.1, 0.15) is 0 Å². The van der Waals surface area contributed by atoms with Crippen LogP contribution >= 0.6 is 0 Å². The van der Waals surface area contributed by atoms with Crippen molar-refractivity contribution < 1.29 is 23.1 Å². The lowest BCUT2D eigenvalue weighted by molar-refractivity contribution is -0.136. The SMILES string of the molecule is CC(=O)NC1CCC(S(=O)(=O)N2CCC(C3CCN4NC(C)C(C(=O)N5CCC(CO)C5)C4C3)CC2)CC1. The van der Waals surface area contributed by atoms with Gasteiger partial charge in [-0.25, -0.2) is 17.7 Å². The minimum Gasteiger partial charge on any atom is -0.396 e. The molecule has 4 aliphatic heterocycles. The molecule has 4 heterocycles. The summed E-state index contributed by atoms with van der Waals surface area (Å²) in [6.45, 7) is 7.29. The number of nitrogens with zero attached hydrogens (tertiary/aromatic N) is 3. The van der Waals surface area contributed by atoms with Crippen LogP contribution in [-0.2, 0) is 19.6 Å². The summed E-state index contributed by atoms with van der Waals surface area (Å²) in [5.41, 5.74) is 3.56. The Kier molecular flexibility index (Phi) is 8.69. The van der Waals surface area contributed by atoms with E-state index >= 15 is 0 Å². The molecule has 1 aliphatic carbocycles. The van der Waals surface area contributed by atoms with Crippen molar-refractivity contribution in [3.05, 3.63) is 0 Å². The first-order valence-corrected chi connectivity index (χ1v) is 16.4. The Balaban J connectivity index is 1.14. The molecule has 0 spiro atoms. The fraction of sp³-hybridized carbons (Fsp3) is 0.926. The largest absolute Gasteiger partial charge is 0.396 e. The van der Waals surface area contributed by atoms with E-state index in [0.29, 0.717) is 44.3 Å². The number of piperidine rings is 2. The highest BCUT2D eigenvalue weighted by atomic mass is 32.2. The number of aliphatic hydroxyl groups excluding tert-OH is 1. The molecule has 5 aliphatic rings. The Morgan fingerprint density at radius 1 is 0.947 bits per heavy atom. The van der Waals surface area contributed by atoms with Gasteiger partial charge in [-0.3, -0.25) is 15.0 Å². The van der Waals surface area contributed by atoms with E-state index in [-0.39, 0.29) is 53.6 Å². The van der Waals surface area contributed by atoms with Crippen LogP contribution in [0.15, 0.2) is 0 Å². The quantitative estimate of drug-likeness (QED) is 0.447. The molecular formula is C27H47N5O5S. The number of carbonyl (C=O) groups excluding carboxylic acids is 2. The highest BCUT2D eigenvalue weighted by Gasteiger charge is 2.49. The minimum absolute atomic E-state index is 0.0471. The zero-order valence-electron chi connectivity index (χ0n) is 23.1. The van der Waals surface area contributed by atoms with E-state index in [9.17, 15) is 23.1 Å². The Morgan fingerprint density at radius 3 is 2.26 bits per heavy atom. The number of aliphatic hydroxyl groups is 1. The molecule has 0 bridgehead atoms. The maximum atomic E-state index is 13.5. The number of likely N-dealkylation sites (tertiary alicyclic amines) is 1. The third-order valence-electron chi connectivity index (χ3n) is 10.2. The number of fused-ring (bicyclic) bond motifs is 1. The molecule has 10 nitrogen and oxygen atoms in total. The van der Waals surface area contributed by atoms with Crippen LogP contribution in [0.2, 0.25) is 0 Å². The molecule has 0 radical (unpaired) electrons. The van der Waals surface area contributed by atoms with Crippen molar-refractivity contribution in [3.8, 4) is 0 Å². The zero-order valence-corrected chi connectivity index (χ0v) is 23.9. The standard InChI is InChI=1S/C27H47N5O5S/c1-18-26(27(35)30-11-7-20(16-30)17-33)25-15-22(10-14-32(25)29-18)21-8-12-31(13-9-21)38(36,37)24-5-3-23(4-6-24)28-19(2)34/h18,20-26,29,33H,3-17H2,1-2H3,(H,28,34). The summed E-state index contributed by atoms with van der Waals surface area (Å²) in [4.78, 5) is 26.8. The molecule has 0 aromatic rings. The molecule has 4 saturated heterocycles. The van der Waals surface area contributed by atoms with Crippen molar-refractivity contribution in [1.82, 2.24) is 25.0 Å². The summed E-state index contributed by atoms with van der Waals surface area (Å²) in [5.74, 6) is 1.32. The van der Waals surface area contributed by atoms with Crippen LogP contribution in [0, 0.1) is 23.7 Å². The fourth-order valence-corrected chi connectivity index (χ4v) is 10.0. The van der Waals surface area contributed by atoms with Gasteiger partial charge in [-0.1, -0.05) is 0 Å². The maximum Gasteiger partial charge on any atom is 0.228 e. The minimum atomic E-state index is -3.31. The third kappa shape index (κ3) is 5.77. The molecule has 0 aromatic carbocycles. The summed E-state index contributed by atoms with van der Waals surface area (Å²) in [6.07, 6.45) is 7.41. The average molecular weight is 554 g/mol. The summed E-state index contributed by atoms with van der Waals surface area (Å²) in [7, 11) is -3.31. The molecule has 5 unspecified atom stereocenters. The first-order chi connectivity index (χ1) is 18.2. The van der Waals surface area contributed by atoms with Gasteiger partial charge in [0, 0.05) is 70.3 Å². The Morgan fingerprint density at radius 2 is 1.63 bits per heavy atom.